The molecule has 0 spiro atoms. The molecule has 0 heterocycles. The molecular weight excluding hydrogens is 260 g/mol. The van der Waals surface area contributed by atoms with Crippen LogP contribution in [0.1, 0.15) is 51.4 Å². The van der Waals surface area contributed by atoms with Crippen molar-refractivity contribution in [3.63, 3.8) is 0 Å². The van der Waals surface area contributed by atoms with Gasteiger partial charge < -0.3 is 0 Å². The number of Topliss-reactive ketones (excluding diaryl/α,β-unsaturated/α-hetero) is 1. The van der Waals surface area contributed by atoms with E-state index in [9.17, 15) is 13.2 Å². The lowest BCUT2D eigenvalue weighted by Crippen LogP contribution is -2.46. The van der Waals surface area contributed by atoms with Crippen molar-refractivity contribution in [2.24, 2.45) is 23.2 Å². The Balaban J connectivity index is 1.61. The normalized spacial score (nSPS) is 40.6. The van der Waals surface area contributed by atoms with Gasteiger partial charge in [-0.05, 0) is 61.7 Å². The molecule has 0 N–H and O–H groups in total. The van der Waals surface area contributed by atoms with Crippen LogP contribution >= 0.6 is 0 Å². The third kappa shape index (κ3) is 3.04. The van der Waals surface area contributed by atoms with Gasteiger partial charge in [0.25, 0.3) is 0 Å². The molecule has 0 aromatic heterocycles. The SMILES string of the molecule is CS(=O)(=O)CCC(=O)CC12CC3CC(CC(C3)C1)C2. The second-order valence-corrected chi connectivity index (χ2v) is 9.77. The van der Waals surface area contributed by atoms with Crippen molar-refractivity contribution in [3.8, 4) is 0 Å². The van der Waals surface area contributed by atoms with Gasteiger partial charge in [0.1, 0.15) is 15.6 Å². The Morgan fingerprint density at radius 1 is 1.05 bits per heavy atom. The summed E-state index contributed by atoms with van der Waals surface area (Å²) in [7, 11) is -3.01. The van der Waals surface area contributed by atoms with Crippen LogP contribution in [0, 0.1) is 23.2 Å². The van der Waals surface area contributed by atoms with Gasteiger partial charge in [-0.15, -0.1) is 0 Å². The molecular formula is C15H24O3S. The Labute approximate surface area is 116 Å². The van der Waals surface area contributed by atoms with Crippen molar-refractivity contribution in [2.45, 2.75) is 51.4 Å². The Hall–Kier alpha value is -0.380. The highest BCUT2D eigenvalue weighted by Crippen LogP contribution is 2.61. The van der Waals surface area contributed by atoms with Gasteiger partial charge in [-0.25, -0.2) is 8.42 Å². The minimum atomic E-state index is -3.01. The Bertz CT molecular complexity index is 442. The number of rotatable bonds is 5. The van der Waals surface area contributed by atoms with Gasteiger partial charge >= 0.3 is 0 Å². The smallest absolute Gasteiger partial charge is 0.147 e. The van der Waals surface area contributed by atoms with E-state index in [1.165, 1.54) is 44.8 Å². The van der Waals surface area contributed by atoms with Gasteiger partial charge in [0.05, 0.1) is 5.75 Å². The maximum absolute atomic E-state index is 12.1. The molecule has 4 heteroatoms. The summed E-state index contributed by atoms with van der Waals surface area (Å²) in [4.78, 5) is 12.1. The molecule has 4 saturated carbocycles. The first-order chi connectivity index (χ1) is 8.84. The number of ketones is 1. The van der Waals surface area contributed by atoms with Gasteiger partial charge in [0.2, 0.25) is 0 Å². The first-order valence-corrected chi connectivity index (χ1v) is 9.59. The van der Waals surface area contributed by atoms with Crippen LogP contribution in [0.15, 0.2) is 0 Å². The lowest BCUT2D eigenvalue weighted by molar-refractivity contribution is -0.127. The summed E-state index contributed by atoms with van der Waals surface area (Å²) in [5, 5.41) is 0. The molecule has 0 aromatic rings. The van der Waals surface area contributed by atoms with Gasteiger partial charge in [-0.3, -0.25) is 4.79 Å². The number of hydrogen-bond donors (Lipinski definition) is 0. The fourth-order valence-electron chi connectivity index (χ4n) is 5.31. The van der Waals surface area contributed by atoms with Gasteiger partial charge in [0.15, 0.2) is 0 Å². The quantitative estimate of drug-likeness (QED) is 0.779. The van der Waals surface area contributed by atoms with Crippen LogP contribution < -0.4 is 0 Å². The molecule has 108 valence electrons. The maximum Gasteiger partial charge on any atom is 0.147 e. The minimum Gasteiger partial charge on any atom is -0.300 e. The molecule has 0 amide bonds. The van der Waals surface area contributed by atoms with Crippen LogP contribution in [0.2, 0.25) is 0 Å². The number of carbonyl (C=O) groups excluding carboxylic acids is 1. The summed E-state index contributed by atoms with van der Waals surface area (Å²) < 4.78 is 22.3. The van der Waals surface area contributed by atoms with Crippen molar-refractivity contribution in [1.82, 2.24) is 0 Å². The molecule has 0 radical (unpaired) electrons. The third-order valence-corrected chi connectivity index (χ3v) is 6.43. The van der Waals surface area contributed by atoms with Crippen LogP contribution in [0.4, 0.5) is 0 Å². The zero-order chi connectivity index (χ0) is 13.7. The summed E-state index contributed by atoms with van der Waals surface area (Å²) in [6.07, 6.45) is 9.92. The van der Waals surface area contributed by atoms with Crippen LogP contribution in [-0.2, 0) is 14.6 Å². The van der Waals surface area contributed by atoms with E-state index < -0.39 is 9.84 Å². The van der Waals surface area contributed by atoms with E-state index in [0.717, 1.165) is 17.8 Å². The third-order valence-electron chi connectivity index (χ3n) is 5.49. The van der Waals surface area contributed by atoms with Crippen molar-refractivity contribution < 1.29 is 13.2 Å². The summed E-state index contributed by atoms with van der Waals surface area (Å²) in [6.45, 7) is 0. The summed E-state index contributed by atoms with van der Waals surface area (Å²) in [5.41, 5.74) is 0.253. The van der Waals surface area contributed by atoms with E-state index in [0.29, 0.717) is 6.42 Å². The molecule has 19 heavy (non-hydrogen) atoms. The Morgan fingerprint density at radius 2 is 1.53 bits per heavy atom. The molecule has 3 nitrogen and oxygen atoms in total. The lowest BCUT2D eigenvalue weighted by Gasteiger charge is -2.56. The van der Waals surface area contributed by atoms with Crippen molar-refractivity contribution >= 4 is 15.6 Å². The zero-order valence-corrected chi connectivity index (χ0v) is 12.5. The summed E-state index contributed by atoms with van der Waals surface area (Å²) in [6, 6.07) is 0. The highest BCUT2D eigenvalue weighted by molar-refractivity contribution is 7.90. The second-order valence-electron chi connectivity index (χ2n) is 7.51. The fraction of sp³-hybridized carbons (Fsp3) is 0.933. The molecule has 0 saturated heterocycles. The topological polar surface area (TPSA) is 51.2 Å². The first kappa shape index (κ1) is 13.6. The monoisotopic (exact) mass is 284 g/mol. The molecule has 0 aromatic carbocycles. The van der Waals surface area contributed by atoms with Gasteiger partial charge in [-0.1, -0.05) is 0 Å². The minimum absolute atomic E-state index is 0.0260. The highest BCUT2D eigenvalue weighted by Gasteiger charge is 2.51. The summed E-state index contributed by atoms with van der Waals surface area (Å²) in [5.74, 6) is 2.77. The highest BCUT2D eigenvalue weighted by atomic mass is 32.2. The molecule has 4 rings (SSSR count). The summed E-state index contributed by atoms with van der Waals surface area (Å²) >= 11 is 0. The van der Waals surface area contributed by atoms with E-state index in [2.05, 4.69) is 0 Å². The molecule has 0 atom stereocenters. The second kappa shape index (κ2) is 4.57. The molecule has 4 bridgehead atoms. The van der Waals surface area contributed by atoms with E-state index in [4.69, 9.17) is 0 Å². The van der Waals surface area contributed by atoms with Crippen molar-refractivity contribution in [2.75, 3.05) is 12.0 Å². The zero-order valence-electron chi connectivity index (χ0n) is 11.7. The van der Waals surface area contributed by atoms with E-state index in [1.54, 1.807) is 0 Å². The average molecular weight is 284 g/mol. The molecule has 0 aliphatic heterocycles. The van der Waals surface area contributed by atoms with Crippen LogP contribution in [0.5, 0.6) is 0 Å². The Kier molecular flexibility index (Phi) is 3.27. The van der Waals surface area contributed by atoms with Gasteiger partial charge in [-0.2, -0.15) is 0 Å². The molecule has 0 unspecified atom stereocenters. The van der Waals surface area contributed by atoms with Crippen LogP contribution in [0.25, 0.3) is 0 Å². The van der Waals surface area contributed by atoms with Crippen LogP contribution in [0.3, 0.4) is 0 Å². The van der Waals surface area contributed by atoms with Crippen molar-refractivity contribution in [1.29, 1.82) is 0 Å². The fourth-order valence-corrected chi connectivity index (χ4v) is 5.91. The van der Waals surface area contributed by atoms with Crippen LogP contribution in [-0.4, -0.2) is 26.2 Å². The number of sulfone groups is 1. The largest absolute Gasteiger partial charge is 0.300 e. The predicted octanol–water partition coefficient (Wildman–Crippen LogP) is 2.60. The Morgan fingerprint density at radius 3 is 1.95 bits per heavy atom. The standard InChI is InChI=1S/C15H24O3S/c1-19(17,18)3-2-14(16)10-15-7-11-4-12(8-15)6-13(5-11)9-15/h11-13H,2-10H2,1H3. The van der Waals surface area contributed by atoms with E-state index >= 15 is 0 Å². The number of carbonyl (C=O) groups is 1. The van der Waals surface area contributed by atoms with Gasteiger partial charge in [0, 0.05) is 19.1 Å². The molecule has 4 aliphatic rings. The predicted molar refractivity (Wildman–Crippen MR) is 74.6 cm³/mol. The van der Waals surface area contributed by atoms with E-state index in [1.807, 2.05) is 0 Å². The number of hydrogen-bond acceptors (Lipinski definition) is 3. The lowest BCUT2D eigenvalue weighted by atomic mass is 9.48. The average Bonchev–Trinajstić information content (AvgIpc) is 2.22. The first-order valence-electron chi connectivity index (χ1n) is 7.53. The van der Waals surface area contributed by atoms with Crippen molar-refractivity contribution in [3.05, 3.63) is 0 Å². The molecule has 4 fully saturated rings. The van der Waals surface area contributed by atoms with E-state index in [-0.39, 0.29) is 23.4 Å². The molecule has 4 aliphatic carbocycles. The maximum atomic E-state index is 12.1.